The van der Waals surface area contributed by atoms with Crippen LogP contribution in [0.2, 0.25) is 0 Å². The van der Waals surface area contributed by atoms with Crippen molar-refractivity contribution in [1.29, 1.82) is 0 Å². The van der Waals surface area contributed by atoms with Crippen LogP contribution in [-0.2, 0) is 4.74 Å². The molecule has 2 rings (SSSR count). The Labute approximate surface area is 148 Å². The van der Waals surface area contributed by atoms with Gasteiger partial charge in [-0.3, -0.25) is 4.79 Å². The Morgan fingerprint density at radius 1 is 1.32 bits per heavy atom. The molecule has 2 amide bonds. The van der Waals surface area contributed by atoms with Gasteiger partial charge in [0.25, 0.3) is 5.91 Å². The summed E-state index contributed by atoms with van der Waals surface area (Å²) in [7, 11) is 0. The molecule has 138 valence electrons. The van der Waals surface area contributed by atoms with Crippen molar-refractivity contribution in [3.05, 3.63) is 23.9 Å². The van der Waals surface area contributed by atoms with Crippen molar-refractivity contribution in [2.24, 2.45) is 5.92 Å². The number of rotatable bonds is 4. The number of likely N-dealkylation sites (tertiary alicyclic amines) is 1. The number of hydrogen-bond acceptors (Lipinski definition) is 5. The maximum atomic E-state index is 12.6. The Balaban J connectivity index is 1.95. The van der Waals surface area contributed by atoms with Crippen molar-refractivity contribution in [3.63, 3.8) is 0 Å². The fourth-order valence-corrected chi connectivity index (χ4v) is 2.70. The van der Waals surface area contributed by atoms with E-state index in [4.69, 9.17) is 9.47 Å². The number of nitrogens with zero attached hydrogens (tertiary/aromatic N) is 2. The number of nitrogens with one attached hydrogen (secondary N) is 1. The van der Waals surface area contributed by atoms with Gasteiger partial charge in [0.05, 0.1) is 18.2 Å². The van der Waals surface area contributed by atoms with Crippen LogP contribution < -0.4 is 10.1 Å². The standard InChI is InChI=1S/C18H27N3O4/c1-6-24-15-8-7-13(9-19-15)16(22)21-10-12(2)14(11-21)20-17(23)25-18(3,4)5/h7-9,12,14H,6,10-11H2,1-5H3,(H,20,23)/t12-,14-/m0/s1. The molecule has 1 aromatic rings. The molecule has 1 saturated heterocycles. The number of carbonyl (C=O) groups is 2. The van der Waals surface area contributed by atoms with Crippen LogP contribution in [0.1, 0.15) is 45.0 Å². The van der Waals surface area contributed by atoms with Gasteiger partial charge in [0.1, 0.15) is 5.60 Å². The summed E-state index contributed by atoms with van der Waals surface area (Å²) in [6, 6.07) is 3.26. The number of amides is 2. The van der Waals surface area contributed by atoms with Crippen LogP contribution in [0.15, 0.2) is 18.3 Å². The van der Waals surface area contributed by atoms with Crippen molar-refractivity contribution in [1.82, 2.24) is 15.2 Å². The zero-order chi connectivity index (χ0) is 18.6. The van der Waals surface area contributed by atoms with Gasteiger partial charge in [-0.15, -0.1) is 0 Å². The van der Waals surface area contributed by atoms with Gasteiger partial charge in [-0.05, 0) is 39.7 Å². The van der Waals surface area contributed by atoms with E-state index in [-0.39, 0.29) is 17.9 Å². The smallest absolute Gasteiger partial charge is 0.407 e. The number of ether oxygens (including phenoxy) is 2. The van der Waals surface area contributed by atoms with E-state index in [1.54, 1.807) is 17.0 Å². The first-order valence-electron chi connectivity index (χ1n) is 8.57. The molecular formula is C18H27N3O4. The van der Waals surface area contributed by atoms with Crippen molar-refractivity contribution in [2.45, 2.75) is 46.3 Å². The molecule has 0 spiro atoms. The summed E-state index contributed by atoms with van der Waals surface area (Å²) >= 11 is 0. The van der Waals surface area contributed by atoms with Gasteiger partial charge in [-0.25, -0.2) is 9.78 Å². The predicted octanol–water partition coefficient (Wildman–Crippen LogP) is 2.47. The second-order valence-corrected chi connectivity index (χ2v) is 7.26. The lowest BCUT2D eigenvalue weighted by Crippen LogP contribution is -2.43. The summed E-state index contributed by atoms with van der Waals surface area (Å²) in [5, 5.41) is 2.86. The Hall–Kier alpha value is -2.31. The van der Waals surface area contributed by atoms with E-state index in [0.717, 1.165) is 0 Å². The largest absolute Gasteiger partial charge is 0.478 e. The Morgan fingerprint density at radius 3 is 2.60 bits per heavy atom. The molecule has 0 saturated carbocycles. The maximum absolute atomic E-state index is 12.6. The summed E-state index contributed by atoms with van der Waals surface area (Å²) in [5.74, 6) is 0.543. The zero-order valence-electron chi connectivity index (χ0n) is 15.5. The third-order valence-electron chi connectivity index (χ3n) is 3.88. The topological polar surface area (TPSA) is 80.8 Å². The lowest BCUT2D eigenvalue weighted by Gasteiger charge is -2.23. The van der Waals surface area contributed by atoms with Crippen molar-refractivity contribution in [3.8, 4) is 5.88 Å². The average Bonchev–Trinajstić information content (AvgIpc) is 2.86. The first kappa shape index (κ1) is 19.0. The molecule has 1 aliphatic heterocycles. The molecule has 0 aliphatic carbocycles. The second kappa shape index (κ2) is 7.72. The maximum Gasteiger partial charge on any atom is 0.407 e. The van der Waals surface area contributed by atoms with Crippen LogP contribution in [0.3, 0.4) is 0 Å². The molecule has 25 heavy (non-hydrogen) atoms. The van der Waals surface area contributed by atoms with Crippen molar-refractivity contribution in [2.75, 3.05) is 19.7 Å². The summed E-state index contributed by atoms with van der Waals surface area (Å²) < 4.78 is 10.6. The van der Waals surface area contributed by atoms with E-state index in [9.17, 15) is 9.59 Å². The van der Waals surface area contributed by atoms with E-state index >= 15 is 0 Å². The molecule has 0 unspecified atom stereocenters. The molecule has 1 aromatic heterocycles. The molecule has 7 nitrogen and oxygen atoms in total. The summed E-state index contributed by atoms with van der Waals surface area (Å²) in [6.07, 6.45) is 1.06. The number of alkyl carbamates (subject to hydrolysis) is 1. The molecule has 1 aliphatic rings. The predicted molar refractivity (Wildman–Crippen MR) is 93.6 cm³/mol. The molecule has 7 heteroatoms. The average molecular weight is 349 g/mol. The number of pyridine rings is 1. The molecule has 0 aromatic carbocycles. The minimum absolute atomic E-state index is 0.101. The summed E-state index contributed by atoms with van der Waals surface area (Å²) in [6.45, 7) is 10.9. The molecule has 1 fully saturated rings. The van der Waals surface area contributed by atoms with Crippen LogP contribution in [0.4, 0.5) is 4.79 Å². The molecule has 1 N–H and O–H groups in total. The summed E-state index contributed by atoms with van der Waals surface area (Å²) in [5.41, 5.74) is -0.0383. The molecule has 2 heterocycles. The van der Waals surface area contributed by atoms with Gasteiger partial charge in [0, 0.05) is 25.4 Å². The van der Waals surface area contributed by atoms with Gasteiger partial charge < -0.3 is 19.7 Å². The van der Waals surface area contributed by atoms with E-state index in [1.165, 1.54) is 6.20 Å². The highest BCUT2D eigenvalue weighted by Crippen LogP contribution is 2.20. The second-order valence-electron chi connectivity index (χ2n) is 7.26. The Kier molecular flexibility index (Phi) is 5.87. The fourth-order valence-electron chi connectivity index (χ4n) is 2.70. The van der Waals surface area contributed by atoms with Gasteiger partial charge in [-0.1, -0.05) is 6.92 Å². The SMILES string of the molecule is CCOc1ccc(C(=O)N2C[C@H](NC(=O)OC(C)(C)C)[C@@H](C)C2)cn1. The lowest BCUT2D eigenvalue weighted by atomic mass is 10.1. The van der Waals surface area contributed by atoms with Gasteiger partial charge in [-0.2, -0.15) is 0 Å². The Morgan fingerprint density at radius 2 is 2.04 bits per heavy atom. The first-order chi connectivity index (χ1) is 11.7. The highest BCUT2D eigenvalue weighted by Gasteiger charge is 2.34. The van der Waals surface area contributed by atoms with Gasteiger partial charge in [0.15, 0.2) is 0 Å². The summed E-state index contributed by atoms with van der Waals surface area (Å²) in [4.78, 5) is 30.4. The van der Waals surface area contributed by atoms with Crippen LogP contribution in [0.25, 0.3) is 0 Å². The molecule has 0 radical (unpaired) electrons. The van der Waals surface area contributed by atoms with E-state index in [2.05, 4.69) is 10.3 Å². The fraction of sp³-hybridized carbons (Fsp3) is 0.611. The highest BCUT2D eigenvalue weighted by molar-refractivity contribution is 5.94. The van der Waals surface area contributed by atoms with Crippen molar-refractivity contribution < 1.29 is 19.1 Å². The number of hydrogen-bond donors (Lipinski definition) is 1. The lowest BCUT2D eigenvalue weighted by molar-refractivity contribution is 0.0494. The van der Waals surface area contributed by atoms with Crippen LogP contribution in [0, 0.1) is 5.92 Å². The number of aromatic nitrogens is 1. The first-order valence-corrected chi connectivity index (χ1v) is 8.57. The molecular weight excluding hydrogens is 322 g/mol. The van der Waals surface area contributed by atoms with Gasteiger partial charge in [0.2, 0.25) is 5.88 Å². The van der Waals surface area contributed by atoms with E-state index in [1.807, 2.05) is 34.6 Å². The normalized spacial score (nSPS) is 20.3. The quantitative estimate of drug-likeness (QED) is 0.903. The van der Waals surface area contributed by atoms with Gasteiger partial charge >= 0.3 is 6.09 Å². The molecule has 2 atom stereocenters. The van der Waals surface area contributed by atoms with Crippen LogP contribution >= 0.6 is 0 Å². The van der Waals surface area contributed by atoms with Crippen LogP contribution in [0.5, 0.6) is 5.88 Å². The van der Waals surface area contributed by atoms with E-state index in [0.29, 0.717) is 31.1 Å². The molecule has 0 bridgehead atoms. The Bertz CT molecular complexity index is 610. The van der Waals surface area contributed by atoms with Crippen molar-refractivity contribution >= 4 is 12.0 Å². The minimum atomic E-state index is -0.546. The monoisotopic (exact) mass is 349 g/mol. The highest BCUT2D eigenvalue weighted by atomic mass is 16.6. The third kappa shape index (κ3) is 5.34. The number of carbonyl (C=O) groups excluding carboxylic acids is 2. The minimum Gasteiger partial charge on any atom is -0.478 e. The third-order valence-corrected chi connectivity index (χ3v) is 3.88. The van der Waals surface area contributed by atoms with E-state index < -0.39 is 11.7 Å². The van der Waals surface area contributed by atoms with Crippen LogP contribution in [-0.4, -0.2) is 53.2 Å². The zero-order valence-corrected chi connectivity index (χ0v) is 15.5.